The lowest BCUT2D eigenvalue weighted by Crippen LogP contribution is -2.44. The summed E-state index contributed by atoms with van der Waals surface area (Å²) in [6, 6.07) is 0. The highest BCUT2D eigenvalue weighted by Gasteiger charge is 2.15. The highest BCUT2D eigenvalue weighted by Crippen LogP contribution is 2.02. The molecular formula is C20H36N2O4S. The summed E-state index contributed by atoms with van der Waals surface area (Å²) in [6.45, 7) is 28.2. The molecule has 0 bridgehead atoms. The molecule has 0 aliphatic carbocycles. The van der Waals surface area contributed by atoms with E-state index in [4.69, 9.17) is 17.5 Å². The molecule has 0 aromatic rings. The molecule has 0 heterocycles. The van der Waals surface area contributed by atoms with Crippen LogP contribution in [-0.2, 0) is 10.4 Å². The summed E-state index contributed by atoms with van der Waals surface area (Å²) in [4.78, 5) is 0. The molecule has 0 N–H and O–H groups in total. The van der Waals surface area contributed by atoms with Crippen LogP contribution in [0.3, 0.4) is 0 Å². The van der Waals surface area contributed by atoms with E-state index in [0.717, 1.165) is 48.2 Å². The molecule has 156 valence electrons. The molecule has 0 aromatic carbocycles. The second-order valence-electron chi connectivity index (χ2n) is 6.47. The fourth-order valence-electron chi connectivity index (χ4n) is 2.32. The maximum Gasteiger partial charge on any atom is 0.0973 e. The molecule has 0 atom stereocenters. The largest absolute Gasteiger partial charge is 0.759 e. The van der Waals surface area contributed by atoms with Crippen molar-refractivity contribution in [1.29, 1.82) is 0 Å². The molecule has 0 fully saturated rings. The number of nitrogens with zero attached hydrogens (tertiary/aromatic N) is 2. The zero-order chi connectivity index (χ0) is 22.0. The Morgan fingerprint density at radius 1 is 0.593 bits per heavy atom. The van der Waals surface area contributed by atoms with E-state index < -0.39 is 10.4 Å². The number of likely N-dealkylation sites (N-methyl/N-ethyl adjacent to an activating group) is 2. The summed E-state index contributed by atoms with van der Waals surface area (Å²) in [5.41, 5.74) is 0. The third-order valence-corrected chi connectivity index (χ3v) is 3.42. The Balaban J connectivity index is -0.000000344. The second-order valence-corrected chi connectivity index (χ2v) is 7.29. The van der Waals surface area contributed by atoms with Crippen molar-refractivity contribution in [1.82, 2.24) is 0 Å². The van der Waals surface area contributed by atoms with Crippen molar-refractivity contribution < 1.29 is 26.5 Å². The van der Waals surface area contributed by atoms with E-state index in [-0.39, 0.29) is 0 Å². The van der Waals surface area contributed by atoms with Gasteiger partial charge in [-0.05, 0) is 36.5 Å². The van der Waals surface area contributed by atoms with Crippen LogP contribution < -0.4 is 0 Å². The van der Waals surface area contributed by atoms with Gasteiger partial charge in [-0.1, -0.05) is 39.5 Å². The highest BCUT2D eigenvalue weighted by molar-refractivity contribution is 7.79. The van der Waals surface area contributed by atoms with Crippen molar-refractivity contribution in [2.75, 3.05) is 53.4 Å². The predicted octanol–water partition coefficient (Wildman–Crippen LogP) is 2.64. The molecule has 0 spiro atoms. The van der Waals surface area contributed by atoms with Crippen molar-refractivity contribution in [3.8, 4) is 0 Å². The van der Waals surface area contributed by atoms with E-state index in [1.165, 1.54) is 0 Å². The summed E-state index contributed by atoms with van der Waals surface area (Å²) in [5, 5.41) is 0. The Morgan fingerprint density at radius 2 is 0.704 bits per heavy atom. The summed E-state index contributed by atoms with van der Waals surface area (Å²) < 4.78 is 35.9. The lowest BCUT2D eigenvalue weighted by atomic mass is 10.3. The van der Waals surface area contributed by atoms with Crippen molar-refractivity contribution in [2.45, 2.75) is 0 Å². The van der Waals surface area contributed by atoms with Crippen LogP contribution in [-0.4, -0.2) is 79.9 Å². The number of hydrogen-bond acceptors (Lipinski definition) is 4. The van der Waals surface area contributed by atoms with Crippen LogP contribution >= 0.6 is 0 Å². The summed E-state index contributed by atoms with van der Waals surface area (Å²) in [5.74, 6) is 0. The van der Waals surface area contributed by atoms with Crippen LogP contribution in [0, 0.1) is 0 Å². The summed E-state index contributed by atoms with van der Waals surface area (Å²) >= 11 is 0. The van der Waals surface area contributed by atoms with Gasteiger partial charge >= 0.3 is 0 Å². The fourth-order valence-corrected chi connectivity index (χ4v) is 2.32. The number of quaternary nitrogens is 2. The smallest absolute Gasteiger partial charge is 0.0973 e. The molecule has 0 saturated carbocycles. The molecular weight excluding hydrogens is 364 g/mol. The Bertz CT molecular complexity index is 471. The molecule has 7 heteroatoms. The molecule has 6 nitrogen and oxygen atoms in total. The van der Waals surface area contributed by atoms with Crippen LogP contribution in [0.15, 0.2) is 75.9 Å². The van der Waals surface area contributed by atoms with Crippen molar-refractivity contribution in [3.63, 3.8) is 0 Å². The van der Waals surface area contributed by atoms with Crippen LogP contribution in [0.25, 0.3) is 0 Å². The van der Waals surface area contributed by atoms with Crippen molar-refractivity contribution >= 4 is 10.4 Å². The minimum atomic E-state index is -5.17. The van der Waals surface area contributed by atoms with E-state index in [2.05, 4.69) is 53.6 Å². The molecule has 0 aliphatic rings. The van der Waals surface area contributed by atoms with E-state index >= 15 is 0 Å². The fraction of sp³-hybridized carbons (Fsp3) is 0.400. The van der Waals surface area contributed by atoms with Crippen LogP contribution in [0.1, 0.15) is 0 Å². The summed E-state index contributed by atoms with van der Waals surface area (Å²) in [6.07, 6.45) is 11.6. The van der Waals surface area contributed by atoms with Crippen LogP contribution in [0.4, 0.5) is 0 Å². The van der Waals surface area contributed by atoms with Gasteiger partial charge in [0.2, 0.25) is 0 Å². The predicted molar refractivity (Wildman–Crippen MR) is 113 cm³/mol. The molecule has 0 unspecified atom stereocenters. The van der Waals surface area contributed by atoms with E-state index in [1.54, 1.807) is 0 Å². The molecule has 0 saturated heterocycles. The van der Waals surface area contributed by atoms with Gasteiger partial charge in [-0.3, -0.25) is 8.42 Å². The van der Waals surface area contributed by atoms with Gasteiger partial charge in [-0.25, -0.2) is 0 Å². The first-order valence-corrected chi connectivity index (χ1v) is 9.69. The first-order valence-electron chi connectivity index (χ1n) is 8.36. The Labute approximate surface area is 166 Å². The van der Waals surface area contributed by atoms with Gasteiger partial charge in [0.05, 0.1) is 53.4 Å². The second kappa shape index (κ2) is 16.4. The SMILES string of the molecule is C=CC[N+](C)(CC=C)CC=C.C=CC[N+](C)(CC=C)CC=C.O=S(=O)([O-])[O-]. The Kier molecular flexibility index (Phi) is 18.2. The van der Waals surface area contributed by atoms with Gasteiger partial charge in [0, 0.05) is 10.4 Å². The lowest BCUT2D eigenvalue weighted by molar-refractivity contribution is -0.892. The van der Waals surface area contributed by atoms with Crippen molar-refractivity contribution in [3.05, 3.63) is 75.9 Å². The minimum Gasteiger partial charge on any atom is -0.759 e. The maximum atomic E-state index is 8.52. The standard InChI is InChI=1S/2C10H18N.H2O4S/c2*1-5-8-11(4,9-6-2)10-7-3;1-5(2,3)4/h2*5-7H,1-3,8-10H2,4H3;(H2,1,2,3,4)/q2*+1;/p-2. The third-order valence-electron chi connectivity index (χ3n) is 3.42. The number of rotatable bonds is 12. The Hall–Kier alpha value is -1.77. The maximum absolute atomic E-state index is 8.52. The number of hydrogen-bond donors (Lipinski definition) is 0. The van der Waals surface area contributed by atoms with Gasteiger partial charge in [0.1, 0.15) is 0 Å². The van der Waals surface area contributed by atoms with Crippen LogP contribution in [0.5, 0.6) is 0 Å². The van der Waals surface area contributed by atoms with Gasteiger partial charge in [0.15, 0.2) is 0 Å². The monoisotopic (exact) mass is 400 g/mol. The summed E-state index contributed by atoms with van der Waals surface area (Å²) in [7, 11) is -0.823. The van der Waals surface area contributed by atoms with Gasteiger partial charge < -0.3 is 18.1 Å². The molecule has 27 heavy (non-hydrogen) atoms. The molecule has 0 aliphatic heterocycles. The molecule has 0 amide bonds. The first-order chi connectivity index (χ1) is 12.4. The van der Waals surface area contributed by atoms with E-state index in [9.17, 15) is 0 Å². The first kappa shape index (κ1) is 30.0. The van der Waals surface area contributed by atoms with E-state index in [0.29, 0.717) is 0 Å². The van der Waals surface area contributed by atoms with Crippen molar-refractivity contribution in [2.24, 2.45) is 0 Å². The zero-order valence-electron chi connectivity index (χ0n) is 16.9. The molecule has 0 radical (unpaired) electrons. The van der Waals surface area contributed by atoms with E-state index in [1.807, 2.05) is 36.5 Å². The van der Waals surface area contributed by atoms with Crippen LogP contribution in [0.2, 0.25) is 0 Å². The quantitative estimate of drug-likeness (QED) is 0.218. The third kappa shape index (κ3) is 24.2. The average Bonchev–Trinajstić information content (AvgIpc) is 2.47. The minimum absolute atomic E-state index is 0.927. The van der Waals surface area contributed by atoms with Gasteiger partial charge in [-0.2, -0.15) is 0 Å². The average molecular weight is 401 g/mol. The molecule has 0 aromatic heterocycles. The highest BCUT2D eigenvalue weighted by atomic mass is 32.3. The zero-order valence-corrected chi connectivity index (χ0v) is 17.7. The Morgan fingerprint density at radius 3 is 0.778 bits per heavy atom. The lowest BCUT2D eigenvalue weighted by Gasteiger charge is -2.30. The van der Waals surface area contributed by atoms with Gasteiger partial charge in [-0.15, -0.1) is 0 Å². The normalized spacial score (nSPS) is 10.8. The topological polar surface area (TPSA) is 80.3 Å². The molecule has 0 rings (SSSR count). The van der Waals surface area contributed by atoms with Gasteiger partial charge in [0.25, 0.3) is 0 Å².